The summed E-state index contributed by atoms with van der Waals surface area (Å²) in [4.78, 5) is 0. The van der Waals surface area contributed by atoms with Gasteiger partial charge in [-0.25, -0.2) is 0 Å². The first-order chi connectivity index (χ1) is 3.86. The number of aliphatic hydroxyl groups excluding tert-OH is 1. The van der Waals surface area contributed by atoms with Gasteiger partial charge in [-0.3, -0.25) is 0 Å². The minimum absolute atomic E-state index is 0.0775. The predicted octanol–water partition coefficient (Wildman–Crippen LogP) is 1.17. The molecule has 0 amide bonds. The van der Waals surface area contributed by atoms with E-state index in [1.807, 2.05) is 0 Å². The van der Waals surface area contributed by atoms with Crippen LogP contribution in [0.2, 0.25) is 0 Å². The smallest absolute Gasteiger partial charge is 0.0571 e. The molecule has 8 heavy (non-hydrogen) atoms. The summed E-state index contributed by atoms with van der Waals surface area (Å²) in [5.74, 6) is 1.59. The van der Waals surface area contributed by atoms with E-state index >= 15 is 0 Å². The van der Waals surface area contributed by atoms with Gasteiger partial charge in [0, 0.05) is 0 Å². The third-order valence-corrected chi connectivity index (χ3v) is 2.70. The zero-order valence-electron chi connectivity index (χ0n) is 5.01. The number of aliphatic hydroxyl groups is 1. The Balaban J connectivity index is 2.11. The van der Waals surface area contributed by atoms with Crippen LogP contribution in [0.25, 0.3) is 0 Å². The fraction of sp³-hybridized carbons (Fsp3) is 1.00. The van der Waals surface area contributed by atoms with Crippen molar-refractivity contribution in [2.75, 3.05) is 0 Å². The molecule has 3 atom stereocenters. The van der Waals surface area contributed by atoms with E-state index in [9.17, 15) is 5.11 Å². The summed E-state index contributed by atoms with van der Waals surface area (Å²) in [5.41, 5.74) is 0. The van der Waals surface area contributed by atoms with E-state index in [4.69, 9.17) is 0 Å². The average Bonchev–Trinajstić information content (AvgIpc) is 2.23. The summed E-state index contributed by atoms with van der Waals surface area (Å²) in [6.45, 7) is 0. The molecule has 0 saturated heterocycles. The molecule has 0 aromatic heterocycles. The van der Waals surface area contributed by atoms with Gasteiger partial charge in [0.2, 0.25) is 0 Å². The molecule has 1 nitrogen and oxygen atoms in total. The van der Waals surface area contributed by atoms with E-state index in [1.54, 1.807) is 0 Å². The lowest BCUT2D eigenvalue weighted by atomic mass is 9.98. The van der Waals surface area contributed by atoms with Crippen molar-refractivity contribution in [1.29, 1.82) is 0 Å². The summed E-state index contributed by atoms with van der Waals surface area (Å²) >= 11 is 0. The third kappa shape index (κ3) is 0.510. The van der Waals surface area contributed by atoms with Gasteiger partial charge in [-0.2, -0.15) is 0 Å². The molecule has 1 N–H and O–H groups in total. The van der Waals surface area contributed by atoms with Crippen LogP contribution in [-0.4, -0.2) is 11.2 Å². The highest BCUT2D eigenvalue weighted by Gasteiger charge is 2.38. The summed E-state index contributed by atoms with van der Waals surface area (Å²) in [6, 6.07) is 0. The zero-order valence-corrected chi connectivity index (χ0v) is 5.01. The Morgan fingerprint density at radius 3 is 2.25 bits per heavy atom. The largest absolute Gasteiger partial charge is 0.393 e. The summed E-state index contributed by atoms with van der Waals surface area (Å²) in [7, 11) is 0. The molecule has 2 aliphatic rings. The minimum atomic E-state index is 0.0775. The van der Waals surface area contributed by atoms with E-state index in [2.05, 4.69) is 0 Å². The molecule has 46 valence electrons. The standard InChI is InChI=1S/C7H12O/c8-7-4-5-1-2-6(7)3-5/h5-8H,1-4H2/t5?,6?,7-/m1/s1. The van der Waals surface area contributed by atoms with Crippen molar-refractivity contribution in [2.45, 2.75) is 31.8 Å². The van der Waals surface area contributed by atoms with E-state index < -0.39 is 0 Å². The first-order valence-electron chi connectivity index (χ1n) is 3.54. The van der Waals surface area contributed by atoms with Crippen LogP contribution < -0.4 is 0 Å². The van der Waals surface area contributed by atoms with Gasteiger partial charge in [0.25, 0.3) is 0 Å². The minimum Gasteiger partial charge on any atom is -0.393 e. The van der Waals surface area contributed by atoms with Crippen molar-refractivity contribution < 1.29 is 5.11 Å². The van der Waals surface area contributed by atoms with Gasteiger partial charge in [0.1, 0.15) is 0 Å². The highest BCUT2D eigenvalue weighted by Crippen LogP contribution is 2.44. The van der Waals surface area contributed by atoms with Gasteiger partial charge < -0.3 is 5.11 Å². The van der Waals surface area contributed by atoms with Crippen molar-refractivity contribution in [3.05, 3.63) is 0 Å². The topological polar surface area (TPSA) is 20.2 Å². The highest BCUT2D eigenvalue weighted by molar-refractivity contribution is 4.89. The Kier molecular flexibility index (Phi) is 0.884. The Morgan fingerprint density at radius 1 is 1.12 bits per heavy atom. The lowest BCUT2D eigenvalue weighted by Crippen LogP contribution is -2.14. The van der Waals surface area contributed by atoms with Crippen LogP contribution >= 0.6 is 0 Å². The van der Waals surface area contributed by atoms with Gasteiger partial charge in [-0.15, -0.1) is 0 Å². The van der Waals surface area contributed by atoms with Crippen LogP contribution in [0.4, 0.5) is 0 Å². The lowest BCUT2D eigenvalue weighted by molar-refractivity contribution is 0.113. The molecule has 0 aromatic carbocycles. The van der Waals surface area contributed by atoms with E-state index in [0.29, 0.717) is 5.92 Å². The molecule has 2 bridgehead atoms. The summed E-state index contributed by atoms with van der Waals surface area (Å²) in [5, 5.41) is 9.22. The molecule has 1 heteroatoms. The second-order valence-corrected chi connectivity index (χ2v) is 3.24. The predicted molar refractivity (Wildman–Crippen MR) is 31.5 cm³/mol. The second-order valence-electron chi connectivity index (χ2n) is 3.24. The lowest BCUT2D eigenvalue weighted by Gasteiger charge is -2.14. The van der Waals surface area contributed by atoms with E-state index in [-0.39, 0.29) is 6.10 Å². The molecule has 0 aromatic rings. The van der Waals surface area contributed by atoms with Gasteiger partial charge in [-0.1, -0.05) is 0 Å². The van der Waals surface area contributed by atoms with Crippen molar-refractivity contribution in [1.82, 2.24) is 0 Å². The molecule has 2 rings (SSSR count). The van der Waals surface area contributed by atoms with Crippen molar-refractivity contribution in [2.24, 2.45) is 11.8 Å². The molecule has 0 aliphatic heterocycles. The monoisotopic (exact) mass is 112 g/mol. The van der Waals surface area contributed by atoms with Gasteiger partial charge in [-0.05, 0) is 37.5 Å². The Bertz CT molecular complexity index is 98.6. The molecule has 2 saturated carbocycles. The van der Waals surface area contributed by atoms with Crippen molar-refractivity contribution >= 4 is 0 Å². The average molecular weight is 112 g/mol. The normalized spacial score (nSPS) is 52.9. The van der Waals surface area contributed by atoms with Crippen LogP contribution in [0.1, 0.15) is 25.7 Å². The van der Waals surface area contributed by atoms with Crippen LogP contribution in [0.15, 0.2) is 0 Å². The van der Waals surface area contributed by atoms with Crippen LogP contribution in [-0.2, 0) is 0 Å². The van der Waals surface area contributed by atoms with Gasteiger partial charge >= 0.3 is 0 Å². The fourth-order valence-corrected chi connectivity index (χ4v) is 2.21. The number of hydrogen-bond acceptors (Lipinski definition) is 1. The molecule has 2 unspecified atom stereocenters. The maximum atomic E-state index is 9.22. The molecule has 2 aliphatic carbocycles. The maximum absolute atomic E-state index is 9.22. The van der Waals surface area contributed by atoms with E-state index in [0.717, 1.165) is 12.3 Å². The van der Waals surface area contributed by atoms with Crippen molar-refractivity contribution in [3.8, 4) is 0 Å². The molecule has 2 fully saturated rings. The molecule has 0 heterocycles. The summed E-state index contributed by atoms with van der Waals surface area (Å²) < 4.78 is 0. The van der Waals surface area contributed by atoms with Crippen LogP contribution in [0.3, 0.4) is 0 Å². The Morgan fingerprint density at radius 2 is 2.00 bits per heavy atom. The Labute approximate surface area is 49.7 Å². The number of hydrogen-bond donors (Lipinski definition) is 1. The molecular formula is C7H12O. The van der Waals surface area contributed by atoms with Crippen LogP contribution in [0.5, 0.6) is 0 Å². The second kappa shape index (κ2) is 1.47. The van der Waals surface area contributed by atoms with Crippen molar-refractivity contribution in [3.63, 3.8) is 0 Å². The summed E-state index contributed by atoms with van der Waals surface area (Å²) in [6.07, 6.45) is 5.19. The first kappa shape index (κ1) is 4.80. The zero-order chi connectivity index (χ0) is 5.56. The maximum Gasteiger partial charge on any atom is 0.0571 e. The number of fused-ring (bicyclic) bond motifs is 2. The van der Waals surface area contributed by atoms with Gasteiger partial charge in [0.05, 0.1) is 6.10 Å². The highest BCUT2D eigenvalue weighted by atomic mass is 16.3. The number of rotatable bonds is 0. The fourth-order valence-electron chi connectivity index (χ4n) is 2.21. The third-order valence-electron chi connectivity index (χ3n) is 2.70. The van der Waals surface area contributed by atoms with Gasteiger partial charge in [0.15, 0.2) is 0 Å². The SMILES string of the molecule is O[C@@H]1CC2CCC1C2. The van der Waals surface area contributed by atoms with Crippen LogP contribution in [0, 0.1) is 11.8 Å². The molecule has 0 spiro atoms. The molecule has 0 radical (unpaired) electrons. The quantitative estimate of drug-likeness (QED) is 0.498. The first-order valence-corrected chi connectivity index (χ1v) is 3.54. The molecular weight excluding hydrogens is 100 g/mol. The van der Waals surface area contributed by atoms with E-state index in [1.165, 1.54) is 19.3 Å². The Hall–Kier alpha value is -0.0400.